The van der Waals surface area contributed by atoms with E-state index in [1.165, 1.54) is 6.07 Å². The molecule has 0 fully saturated rings. The van der Waals surface area contributed by atoms with Gasteiger partial charge >= 0.3 is 6.18 Å². The molecule has 0 aliphatic rings. The van der Waals surface area contributed by atoms with E-state index in [0.29, 0.717) is 12.5 Å². The van der Waals surface area contributed by atoms with Gasteiger partial charge in [-0.25, -0.2) is 4.39 Å². The molecule has 1 nitrogen and oxygen atoms in total. The molecule has 1 rings (SSSR count). The van der Waals surface area contributed by atoms with E-state index in [2.05, 4.69) is 0 Å². The zero-order chi connectivity index (χ0) is 13.1. The predicted octanol–water partition coefficient (Wildman–Crippen LogP) is 4.07. The molecule has 1 N–H and O–H groups in total. The third-order valence-corrected chi connectivity index (χ3v) is 2.52. The Bertz CT molecular complexity index is 373. The summed E-state index contributed by atoms with van der Waals surface area (Å²) in [5.74, 6) is -1.37. The van der Waals surface area contributed by atoms with Gasteiger partial charge in [-0.05, 0) is 12.5 Å². The van der Waals surface area contributed by atoms with Gasteiger partial charge in [-0.15, -0.1) is 0 Å². The van der Waals surface area contributed by atoms with Crippen LogP contribution in [0.1, 0.15) is 43.4 Å². The highest BCUT2D eigenvalue weighted by Crippen LogP contribution is 2.34. The number of benzene rings is 1. The van der Waals surface area contributed by atoms with Crippen LogP contribution in [0.3, 0.4) is 0 Å². The Morgan fingerprint density at radius 3 is 2.47 bits per heavy atom. The van der Waals surface area contributed by atoms with Crippen molar-refractivity contribution in [3.05, 3.63) is 35.1 Å². The molecule has 0 saturated carbocycles. The van der Waals surface area contributed by atoms with Crippen LogP contribution >= 0.6 is 0 Å². The highest BCUT2D eigenvalue weighted by atomic mass is 19.4. The zero-order valence-electron chi connectivity index (χ0n) is 9.39. The number of rotatable bonds is 4. The molecule has 0 aromatic heterocycles. The first-order valence-corrected chi connectivity index (χ1v) is 5.41. The fourth-order valence-corrected chi connectivity index (χ4v) is 1.58. The number of hydrogen-bond acceptors (Lipinski definition) is 1. The lowest BCUT2D eigenvalue weighted by atomic mass is 10.0. The van der Waals surface area contributed by atoms with Crippen molar-refractivity contribution in [3.63, 3.8) is 0 Å². The molecular weight excluding hydrogens is 236 g/mol. The van der Waals surface area contributed by atoms with Crippen LogP contribution in [0.25, 0.3) is 0 Å². The van der Waals surface area contributed by atoms with Crippen molar-refractivity contribution in [2.24, 2.45) is 0 Å². The molecule has 0 bridgehead atoms. The van der Waals surface area contributed by atoms with Crippen LogP contribution in [0.5, 0.6) is 0 Å². The third kappa shape index (κ3) is 3.43. The molecule has 1 unspecified atom stereocenters. The average Bonchev–Trinajstić information content (AvgIpc) is 2.24. The van der Waals surface area contributed by atoms with Gasteiger partial charge in [0.1, 0.15) is 5.82 Å². The number of aliphatic hydroxyl groups is 1. The Balaban J connectivity index is 3.02. The van der Waals surface area contributed by atoms with Crippen LogP contribution < -0.4 is 0 Å². The van der Waals surface area contributed by atoms with E-state index < -0.39 is 23.7 Å². The summed E-state index contributed by atoms with van der Waals surface area (Å²) in [6, 6.07) is 2.96. The minimum atomic E-state index is -4.73. The Labute approximate surface area is 97.1 Å². The summed E-state index contributed by atoms with van der Waals surface area (Å²) in [6.07, 6.45) is -4.23. The second-order valence-electron chi connectivity index (χ2n) is 3.86. The molecule has 0 heterocycles. The summed E-state index contributed by atoms with van der Waals surface area (Å²) in [7, 11) is 0. The first-order chi connectivity index (χ1) is 7.88. The Kier molecular flexibility index (Phi) is 4.51. The topological polar surface area (TPSA) is 20.2 Å². The molecule has 17 heavy (non-hydrogen) atoms. The molecule has 0 saturated heterocycles. The van der Waals surface area contributed by atoms with Crippen molar-refractivity contribution in [3.8, 4) is 0 Å². The van der Waals surface area contributed by atoms with Crippen molar-refractivity contribution in [1.29, 1.82) is 0 Å². The zero-order valence-corrected chi connectivity index (χ0v) is 9.39. The molecule has 0 amide bonds. The minimum Gasteiger partial charge on any atom is -0.388 e. The maximum Gasteiger partial charge on any atom is 0.419 e. The first-order valence-electron chi connectivity index (χ1n) is 5.41. The van der Waals surface area contributed by atoms with Crippen molar-refractivity contribution >= 4 is 0 Å². The molecular formula is C12H14F4O. The third-order valence-electron chi connectivity index (χ3n) is 2.52. The number of alkyl halides is 3. The van der Waals surface area contributed by atoms with Crippen molar-refractivity contribution in [1.82, 2.24) is 0 Å². The molecule has 0 aliphatic heterocycles. The molecule has 1 aromatic carbocycles. The maximum atomic E-state index is 13.6. The van der Waals surface area contributed by atoms with Gasteiger partial charge in [0, 0.05) is 5.56 Å². The minimum absolute atomic E-state index is 0.259. The summed E-state index contributed by atoms with van der Waals surface area (Å²) < 4.78 is 50.8. The van der Waals surface area contributed by atoms with E-state index >= 15 is 0 Å². The molecule has 1 aromatic rings. The van der Waals surface area contributed by atoms with E-state index in [1.807, 2.05) is 6.92 Å². The van der Waals surface area contributed by atoms with Gasteiger partial charge in [0.25, 0.3) is 0 Å². The van der Waals surface area contributed by atoms with E-state index in [1.54, 1.807) is 0 Å². The van der Waals surface area contributed by atoms with Gasteiger partial charge in [0.15, 0.2) is 0 Å². The lowest BCUT2D eigenvalue weighted by Crippen LogP contribution is -2.11. The Morgan fingerprint density at radius 2 is 1.94 bits per heavy atom. The highest BCUT2D eigenvalue weighted by Gasteiger charge is 2.35. The highest BCUT2D eigenvalue weighted by molar-refractivity contribution is 5.29. The van der Waals surface area contributed by atoms with E-state index in [-0.39, 0.29) is 12.0 Å². The molecule has 0 spiro atoms. The van der Waals surface area contributed by atoms with Crippen LogP contribution in [-0.2, 0) is 6.18 Å². The van der Waals surface area contributed by atoms with E-state index in [0.717, 1.165) is 12.5 Å². The van der Waals surface area contributed by atoms with E-state index in [4.69, 9.17) is 0 Å². The molecule has 0 aliphatic carbocycles. The van der Waals surface area contributed by atoms with Crippen LogP contribution in [0.4, 0.5) is 17.6 Å². The Hall–Kier alpha value is -1.10. The number of unbranched alkanes of at least 4 members (excludes halogenated alkanes) is 1. The lowest BCUT2D eigenvalue weighted by molar-refractivity contribution is -0.140. The van der Waals surface area contributed by atoms with Crippen LogP contribution in [0.2, 0.25) is 0 Å². The smallest absolute Gasteiger partial charge is 0.388 e. The van der Waals surface area contributed by atoms with Gasteiger partial charge in [0.2, 0.25) is 0 Å². The first kappa shape index (κ1) is 14.0. The number of hydrogen-bond donors (Lipinski definition) is 1. The molecule has 96 valence electrons. The second kappa shape index (κ2) is 5.49. The monoisotopic (exact) mass is 250 g/mol. The quantitative estimate of drug-likeness (QED) is 0.799. The number of aliphatic hydroxyl groups excluding tert-OH is 1. The van der Waals surface area contributed by atoms with Crippen LogP contribution in [0, 0.1) is 5.82 Å². The van der Waals surface area contributed by atoms with Gasteiger partial charge in [-0.1, -0.05) is 31.9 Å². The summed E-state index contributed by atoms with van der Waals surface area (Å²) in [6.45, 7) is 1.88. The lowest BCUT2D eigenvalue weighted by Gasteiger charge is -2.15. The van der Waals surface area contributed by atoms with Crippen LogP contribution in [0.15, 0.2) is 18.2 Å². The summed E-state index contributed by atoms with van der Waals surface area (Å²) in [5.41, 5.74) is -1.61. The van der Waals surface area contributed by atoms with E-state index in [9.17, 15) is 22.7 Å². The standard InChI is InChI=1S/C12H14F4O/c1-2-3-7-10(17)8-5-4-6-9(11(8)13)12(14,15)16/h4-6,10,17H,2-3,7H2,1H3. The van der Waals surface area contributed by atoms with Crippen molar-refractivity contribution in [2.75, 3.05) is 0 Å². The predicted molar refractivity (Wildman–Crippen MR) is 55.9 cm³/mol. The van der Waals surface area contributed by atoms with Crippen molar-refractivity contribution in [2.45, 2.75) is 38.5 Å². The average molecular weight is 250 g/mol. The van der Waals surface area contributed by atoms with Crippen LogP contribution in [-0.4, -0.2) is 5.11 Å². The SMILES string of the molecule is CCCCC(O)c1cccc(C(F)(F)F)c1F. The summed E-state index contributed by atoms with van der Waals surface area (Å²) in [4.78, 5) is 0. The fourth-order valence-electron chi connectivity index (χ4n) is 1.58. The summed E-state index contributed by atoms with van der Waals surface area (Å²) in [5, 5.41) is 9.62. The van der Waals surface area contributed by atoms with Gasteiger partial charge in [0.05, 0.1) is 11.7 Å². The number of halogens is 4. The maximum absolute atomic E-state index is 13.6. The largest absolute Gasteiger partial charge is 0.419 e. The molecule has 1 atom stereocenters. The van der Waals surface area contributed by atoms with Crippen molar-refractivity contribution < 1.29 is 22.7 Å². The molecule has 5 heteroatoms. The van der Waals surface area contributed by atoms with Gasteiger partial charge in [-0.2, -0.15) is 13.2 Å². The fraction of sp³-hybridized carbons (Fsp3) is 0.500. The van der Waals surface area contributed by atoms with Gasteiger partial charge in [-0.3, -0.25) is 0 Å². The normalized spacial score (nSPS) is 13.8. The Morgan fingerprint density at radius 1 is 1.29 bits per heavy atom. The van der Waals surface area contributed by atoms with Gasteiger partial charge < -0.3 is 5.11 Å². The second-order valence-corrected chi connectivity index (χ2v) is 3.86. The molecule has 0 radical (unpaired) electrons. The summed E-state index contributed by atoms with van der Waals surface area (Å²) >= 11 is 0.